The Hall–Kier alpha value is -1.22. The maximum Gasteiger partial charge on any atom is 0.323 e. The standard InChI is InChI=1S/C22H40N4O4/c1-21(2,15-24(3)4)14-23-20(28)26(6)19(27)17-11-16-12-22(29-9-10-30-22)8-7-18(16)25(5)13-17/h16-18H,7-15H2,1-6H3,(H,23,28)/t16-,17-,18-/m1/s1. The van der Waals surface area contributed by atoms with Crippen LogP contribution in [0.15, 0.2) is 0 Å². The Bertz CT molecular complexity index is 633. The lowest BCUT2D eigenvalue weighted by atomic mass is 9.72. The molecule has 0 aromatic heterocycles. The molecule has 3 rings (SSSR count). The van der Waals surface area contributed by atoms with E-state index in [2.05, 4.69) is 36.0 Å². The lowest BCUT2D eigenvalue weighted by molar-refractivity contribution is -0.202. The third-order valence-corrected chi connectivity index (χ3v) is 6.86. The zero-order chi connectivity index (χ0) is 22.1. The first kappa shape index (κ1) is 23.4. The van der Waals surface area contributed by atoms with Gasteiger partial charge in [-0.2, -0.15) is 0 Å². The molecule has 0 aromatic carbocycles. The van der Waals surface area contributed by atoms with Crippen molar-refractivity contribution in [2.45, 2.75) is 51.4 Å². The van der Waals surface area contributed by atoms with Crippen LogP contribution in [-0.4, -0.2) is 99.5 Å². The number of urea groups is 1. The largest absolute Gasteiger partial charge is 0.348 e. The second kappa shape index (κ2) is 9.10. The lowest BCUT2D eigenvalue weighted by Crippen LogP contribution is -2.56. The van der Waals surface area contributed by atoms with Gasteiger partial charge in [-0.3, -0.25) is 9.69 Å². The van der Waals surface area contributed by atoms with Gasteiger partial charge < -0.3 is 24.6 Å². The quantitative estimate of drug-likeness (QED) is 0.723. The maximum absolute atomic E-state index is 13.1. The van der Waals surface area contributed by atoms with E-state index in [1.807, 2.05) is 14.1 Å². The lowest BCUT2D eigenvalue weighted by Gasteiger charge is -2.49. The zero-order valence-electron chi connectivity index (χ0n) is 19.6. The fourth-order valence-corrected chi connectivity index (χ4v) is 5.64. The number of carbonyl (C=O) groups excluding carboxylic acids is 2. The average Bonchev–Trinajstić information content (AvgIpc) is 3.11. The van der Waals surface area contributed by atoms with Gasteiger partial charge in [-0.1, -0.05) is 13.8 Å². The smallest absolute Gasteiger partial charge is 0.323 e. The van der Waals surface area contributed by atoms with Crippen LogP contribution < -0.4 is 5.32 Å². The molecule has 3 amide bonds. The van der Waals surface area contributed by atoms with Gasteiger partial charge in [-0.15, -0.1) is 0 Å². The number of likely N-dealkylation sites (tertiary alicyclic amines) is 1. The summed E-state index contributed by atoms with van der Waals surface area (Å²) in [6, 6.07) is 0.137. The minimum absolute atomic E-state index is 0.0704. The van der Waals surface area contributed by atoms with Crippen molar-refractivity contribution in [2.75, 3.05) is 61.0 Å². The van der Waals surface area contributed by atoms with E-state index in [9.17, 15) is 9.59 Å². The van der Waals surface area contributed by atoms with Crippen LogP contribution in [0, 0.1) is 17.3 Å². The molecular weight excluding hydrogens is 384 g/mol. The SMILES string of the molecule is CN(C)CC(C)(C)CNC(=O)N(C)C(=O)[C@@H]1C[C@@H]2CC3(CC[C@H]2N(C)C1)OCCO3. The predicted octanol–water partition coefficient (Wildman–Crippen LogP) is 1.61. The molecule has 1 saturated carbocycles. The average molecular weight is 425 g/mol. The van der Waals surface area contributed by atoms with Crippen LogP contribution in [0.1, 0.15) is 39.5 Å². The summed E-state index contributed by atoms with van der Waals surface area (Å²) in [7, 11) is 7.72. The van der Waals surface area contributed by atoms with Gasteiger partial charge >= 0.3 is 6.03 Å². The minimum Gasteiger partial charge on any atom is -0.348 e. The molecule has 8 nitrogen and oxygen atoms in total. The van der Waals surface area contributed by atoms with Gasteiger partial charge in [-0.25, -0.2) is 4.79 Å². The Balaban J connectivity index is 1.57. The van der Waals surface area contributed by atoms with Gasteiger partial charge in [-0.05, 0) is 45.3 Å². The molecule has 2 saturated heterocycles. The molecule has 2 heterocycles. The molecule has 1 N–H and O–H groups in total. The highest BCUT2D eigenvalue weighted by atomic mass is 16.7. The van der Waals surface area contributed by atoms with Crippen molar-refractivity contribution < 1.29 is 19.1 Å². The number of fused-ring (bicyclic) bond motifs is 1. The zero-order valence-corrected chi connectivity index (χ0v) is 19.6. The van der Waals surface area contributed by atoms with E-state index in [0.717, 1.165) is 32.2 Å². The molecule has 0 unspecified atom stereocenters. The van der Waals surface area contributed by atoms with Crippen molar-refractivity contribution in [3.05, 3.63) is 0 Å². The number of amides is 3. The first-order valence-electron chi connectivity index (χ1n) is 11.2. The summed E-state index contributed by atoms with van der Waals surface area (Å²) < 4.78 is 11.9. The van der Waals surface area contributed by atoms with E-state index in [-0.39, 0.29) is 23.3 Å². The Kier molecular flexibility index (Phi) is 7.11. The van der Waals surface area contributed by atoms with Gasteiger partial charge in [0.15, 0.2) is 5.79 Å². The molecule has 30 heavy (non-hydrogen) atoms. The summed E-state index contributed by atoms with van der Waals surface area (Å²) in [4.78, 5) is 31.5. The monoisotopic (exact) mass is 424 g/mol. The van der Waals surface area contributed by atoms with Crippen molar-refractivity contribution >= 4 is 11.9 Å². The number of rotatable bonds is 5. The molecule has 3 fully saturated rings. The summed E-state index contributed by atoms with van der Waals surface area (Å²) in [5.74, 6) is -0.386. The van der Waals surface area contributed by atoms with Gasteiger partial charge in [0.1, 0.15) is 0 Å². The molecule has 2 aliphatic heterocycles. The van der Waals surface area contributed by atoms with Crippen LogP contribution in [0.4, 0.5) is 4.79 Å². The molecular formula is C22H40N4O4. The Morgan fingerprint density at radius 3 is 2.50 bits per heavy atom. The topological polar surface area (TPSA) is 74.4 Å². The fraction of sp³-hybridized carbons (Fsp3) is 0.909. The number of nitrogens with one attached hydrogen (secondary N) is 1. The van der Waals surface area contributed by atoms with Gasteiger partial charge in [0.25, 0.3) is 0 Å². The summed E-state index contributed by atoms with van der Waals surface area (Å²) in [5.41, 5.74) is -0.0704. The second-order valence-electron chi connectivity index (χ2n) is 10.5. The third kappa shape index (κ3) is 5.33. The first-order chi connectivity index (χ1) is 14.0. The van der Waals surface area contributed by atoms with Crippen LogP contribution in [0.3, 0.4) is 0 Å². The fourth-order valence-electron chi connectivity index (χ4n) is 5.64. The summed E-state index contributed by atoms with van der Waals surface area (Å²) >= 11 is 0. The summed E-state index contributed by atoms with van der Waals surface area (Å²) in [6.07, 6.45) is 3.56. The van der Waals surface area contributed by atoms with Crippen molar-refractivity contribution in [1.82, 2.24) is 20.0 Å². The van der Waals surface area contributed by atoms with E-state index in [0.29, 0.717) is 38.3 Å². The van der Waals surface area contributed by atoms with Crippen molar-refractivity contribution in [3.8, 4) is 0 Å². The van der Waals surface area contributed by atoms with Gasteiger partial charge in [0.2, 0.25) is 5.91 Å². The highest BCUT2D eigenvalue weighted by Gasteiger charge is 2.49. The Morgan fingerprint density at radius 1 is 1.20 bits per heavy atom. The van der Waals surface area contributed by atoms with Crippen molar-refractivity contribution in [3.63, 3.8) is 0 Å². The van der Waals surface area contributed by atoms with Gasteiger partial charge in [0, 0.05) is 45.6 Å². The van der Waals surface area contributed by atoms with Crippen LogP contribution in [0.2, 0.25) is 0 Å². The molecule has 1 spiro atoms. The van der Waals surface area contributed by atoms with E-state index in [4.69, 9.17) is 9.47 Å². The number of nitrogens with zero attached hydrogens (tertiary/aromatic N) is 3. The number of piperidine rings is 1. The van der Waals surface area contributed by atoms with Crippen molar-refractivity contribution in [2.24, 2.45) is 17.3 Å². The summed E-state index contributed by atoms with van der Waals surface area (Å²) in [5, 5.41) is 2.94. The Morgan fingerprint density at radius 2 is 1.87 bits per heavy atom. The molecule has 0 radical (unpaired) electrons. The summed E-state index contributed by atoms with van der Waals surface area (Å²) in [6.45, 7) is 7.60. The first-order valence-corrected chi connectivity index (χ1v) is 11.2. The van der Waals surface area contributed by atoms with Crippen molar-refractivity contribution in [1.29, 1.82) is 0 Å². The van der Waals surface area contributed by atoms with Crippen LogP contribution >= 0.6 is 0 Å². The van der Waals surface area contributed by atoms with E-state index in [1.165, 1.54) is 4.90 Å². The number of hydrogen-bond acceptors (Lipinski definition) is 6. The number of imide groups is 1. The van der Waals surface area contributed by atoms with E-state index in [1.54, 1.807) is 7.05 Å². The number of carbonyl (C=O) groups is 2. The number of ether oxygens (including phenoxy) is 2. The van der Waals surface area contributed by atoms with E-state index < -0.39 is 5.79 Å². The molecule has 3 aliphatic rings. The molecule has 3 atom stereocenters. The number of hydrogen-bond donors (Lipinski definition) is 1. The van der Waals surface area contributed by atoms with Gasteiger partial charge in [0.05, 0.1) is 19.1 Å². The van der Waals surface area contributed by atoms with Crippen LogP contribution in [0.5, 0.6) is 0 Å². The molecule has 1 aliphatic carbocycles. The molecule has 172 valence electrons. The van der Waals surface area contributed by atoms with E-state index >= 15 is 0 Å². The van der Waals surface area contributed by atoms with Crippen LogP contribution in [-0.2, 0) is 14.3 Å². The Labute approximate surface area is 181 Å². The highest BCUT2D eigenvalue weighted by molar-refractivity contribution is 5.95. The second-order valence-corrected chi connectivity index (χ2v) is 10.5. The van der Waals surface area contributed by atoms with Crippen LogP contribution in [0.25, 0.3) is 0 Å². The minimum atomic E-state index is -0.450. The molecule has 0 aromatic rings. The molecule has 0 bridgehead atoms. The highest BCUT2D eigenvalue weighted by Crippen LogP contribution is 2.45. The maximum atomic E-state index is 13.1. The predicted molar refractivity (Wildman–Crippen MR) is 115 cm³/mol. The normalized spacial score (nSPS) is 29.1. The molecule has 8 heteroatoms. The third-order valence-electron chi connectivity index (χ3n) is 6.86.